The van der Waals surface area contributed by atoms with Gasteiger partial charge in [0.1, 0.15) is 6.61 Å². The van der Waals surface area contributed by atoms with Crippen LogP contribution in [0.1, 0.15) is 21.6 Å². The van der Waals surface area contributed by atoms with E-state index in [0.717, 1.165) is 5.56 Å². The highest BCUT2D eigenvalue weighted by atomic mass is 127. The van der Waals surface area contributed by atoms with Gasteiger partial charge in [0.05, 0.1) is 13.2 Å². The maximum atomic E-state index is 12.1. The maximum absolute atomic E-state index is 12.1. The molecule has 0 aliphatic rings. The van der Waals surface area contributed by atoms with Crippen molar-refractivity contribution in [1.82, 2.24) is 10.6 Å². The van der Waals surface area contributed by atoms with Crippen molar-refractivity contribution in [2.45, 2.75) is 32.8 Å². The molecule has 9 heteroatoms. The fraction of sp³-hybridized carbons (Fsp3) is 0.389. The number of rotatable bonds is 7. The van der Waals surface area contributed by atoms with Crippen LogP contribution in [0.5, 0.6) is 0 Å². The van der Waals surface area contributed by atoms with Gasteiger partial charge in [0, 0.05) is 18.5 Å². The Bertz CT molecular complexity index is 717. The minimum absolute atomic E-state index is 0. The Balaban J connectivity index is 0.00000364. The van der Waals surface area contributed by atoms with Crippen molar-refractivity contribution in [3.63, 3.8) is 0 Å². The summed E-state index contributed by atoms with van der Waals surface area (Å²) in [7, 11) is 1.71. The summed E-state index contributed by atoms with van der Waals surface area (Å²) in [6.07, 6.45) is -4.30. The van der Waals surface area contributed by atoms with E-state index in [1.165, 1.54) is 10.4 Å². The molecule has 0 fully saturated rings. The van der Waals surface area contributed by atoms with Crippen molar-refractivity contribution in [3.8, 4) is 0 Å². The molecule has 1 aromatic carbocycles. The molecular weight excluding hydrogens is 490 g/mol. The summed E-state index contributed by atoms with van der Waals surface area (Å²) in [5.74, 6) is 0.690. The summed E-state index contributed by atoms with van der Waals surface area (Å²) in [6.45, 7) is 2.05. The van der Waals surface area contributed by atoms with E-state index in [1.807, 2.05) is 12.1 Å². The summed E-state index contributed by atoms with van der Waals surface area (Å²) in [5.41, 5.74) is 2.95. The van der Waals surface area contributed by atoms with E-state index in [1.54, 1.807) is 30.5 Å². The number of hydrogen-bond acceptors (Lipinski definition) is 3. The Kier molecular flexibility index (Phi) is 10.1. The van der Waals surface area contributed by atoms with Crippen LogP contribution in [0.3, 0.4) is 0 Å². The predicted octanol–water partition coefficient (Wildman–Crippen LogP) is 4.62. The van der Waals surface area contributed by atoms with Gasteiger partial charge in [-0.15, -0.1) is 35.3 Å². The second-order valence-electron chi connectivity index (χ2n) is 5.73. The molecule has 0 aliphatic carbocycles. The Morgan fingerprint density at radius 3 is 2.26 bits per heavy atom. The standard InChI is InChI=1S/C18H22F3N3OS.HI/c1-13-7-8-26-16(13)10-24-17(22-2)23-9-14-3-5-15(6-4-14)11-25-12-18(19,20)21;/h3-8H,9-12H2,1-2H3,(H2,22,23,24);1H. The van der Waals surface area contributed by atoms with E-state index in [0.29, 0.717) is 24.6 Å². The number of alkyl halides is 3. The SMILES string of the molecule is CN=C(NCc1ccc(COCC(F)(F)F)cc1)NCc1sccc1C.I. The number of nitrogens with one attached hydrogen (secondary N) is 2. The van der Waals surface area contributed by atoms with Crippen molar-refractivity contribution in [2.24, 2.45) is 4.99 Å². The van der Waals surface area contributed by atoms with E-state index in [4.69, 9.17) is 0 Å². The molecule has 2 aromatic rings. The van der Waals surface area contributed by atoms with Gasteiger partial charge in [-0.05, 0) is 35.1 Å². The molecule has 0 saturated carbocycles. The monoisotopic (exact) mass is 513 g/mol. The van der Waals surface area contributed by atoms with Gasteiger partial charge < -0.3 is 15.4 Å². The van der Waals surface area contributed by atoms with Gasteiger partial charge in [0.25, 0.3) is 0 Å². The average molecular weight is 513 g/mol. The molecule has 0 unspecified atom stereocenters. The second kappa shape index (κ2) is 11.5. The van der Waals surface area contributed by atoms with Gasteiger partial charge in [-0.25, -0.2) is 0 Å². The number of guanidine groups is 1. The normalized spacial score (nSPS) is 11.8. The molecule has 1 heterocycles. The van der Waals surface area contributed by atoms with Gasteiger partial charge in [-0.1, -0.05) is 24.3 Å². The molecule has 0 radical (unpaired) electrons. The number of halogens is 4. The molecule has 2 N–H and O–H groups in total. The van der Waals surface area contributed by atoms with Crippen LogP contribution < -0.4 is 10.6 Å². The number of aliphatic imine (C=N–C) groups is 1. The lowest BCUT2D eigenvalue weighted by atomic mass is 10.1. The zero-order valence-electron chi connectivity index (χ0n) is 15.1. The Labute approximate surface area is 178 Å². The molecular formula is C18H23F3IN3OS. The minimum atomic E-state index is -4.30. The molecule has 0 spiro atoms. The summed E-state index contributed by atoms with van der Waals surface area (Å²) < 4.78 is 40.8. The lowest BCUT2D eigenvalue weighted by Gasteiger charge is -2.12. The highest BCUT2D eigenvalue weighted by Gasteiger charge is 2.27. The van der Waals surface area contributed by atoms with Crippen LogP contribution in [0.4, 0.5) is 13.2 Å². The first-order valence-electron chi connectivity index (χ1n) is 8.07. The maximum Gasteiger partial charge on any atom is 0.411 e. The third-order valence-corrected chi connectivity index (χ3v) is 4.65. The molecule has 150 valence electrons. The fourth-order valence-corrected chi connectivity index (χ4v) is 3.04. The molecule has 2 rings (SSSR count). The first-order chi connectivity index (χ1) is 12.4. The van der Waals surface area contributed by atoms with Crippen LogP contribution >= 0.6 is 35.3 Å². The summed E-state index contributed by atoms with van der Waals surface area (Å²) >= 11 is 1.70. The van der Waals surface area contributed by atoms with Crippen molar-refractivity contribution < 1.29 is 17.9 Å². The third-order valence-electron chi connectivity index (χ3n) is 3.63. The van der Waals surface area contributed by atoms with Crippen molar-refractivity contribution >= 4 is 41.3 Å². The quantitative estimate of drug-likeness (QED) is 0.323. The predicted molar refractivity (Wildman–Crippen MR) is 114 cm³/mol. The molecule has 0 aliphatic heterocycles. The van der Waals surface area contributed by atoms with Gasteiger partial charge >= 0.3 is 6.18 Å². The Morgan fingerprint density at radius 1 is 1.07 bits per heavy atom. The molecule has 0 bridgehead atoms. The Hall–Kier alpha value is -1.33. The molecule has 27 heavy (non-hydrogen) atoms. The fourth-order valence-electron chi connectivity index (χ4n) is 2.19. The van der Waals surface area contributed by atoms with E-state index < -0.39 is 12.8 Å². The topological polar surface area (TPSA) is 45.7 Å². The lowest BCUT2D eigenvalue weighted by molar-refractivity contribution is -0.176. The highest BCUT2D eigenvalue weighted by molar-refractivity contribution is 14.0. The van der Waals surface area contributed by atoms with Crippen LogP contribution in [-0.2, 0) is 24.4 Å². The zero-order chi connectivity index (χ0) is 19.0. The first kappa shape index (κ1) is 23.7. The van der Waals surface area contributed by atoms with Crippen LogP contribution in [0.2, 0.25) is 0 Å². The molecule has 4 nitrogen and oxygen atoms in total. The minimum Gasteiger partial charge on any atom is -0.367 e. The van der Waals surface area contributed by atoms with E-state index in [2.05, 4.69) is 38.7 Å². The van der Waals surface area contributed by atoms with Crippen LogP contribution in [0.25, 0.3) is 0 Å². The lowest BCUT2D eigenvalue weighted by Crippen LogP contribution is -2.36. The van der Waals surface area contributed by atoms with Crippen molar-refractivity contribution in [3.05, 3.63) is 57.3 Å². The number of ether oxygens (including phenoxy) is 1. The molecule has 0 saturated heterocycles. The first-order valence-corrected chi connectivity index (χ1v) is 8.95. The number of hydrogen-bond donors (Lipinski definition) is 2. The van der Waals surface area contributed by atoms with Crippen LogP contribution in [-0.4, -0.2) is 25.8 Å². The second-order valence-corrected chi connectivity index (χ2v) is 6.73. The van der Waals surface area contributed by atoms with E-state index >= 15 is 0 Å². The van der Waals surface area contributed by atoms with Crippen molar-refractivity contribution in [1.29, 1.82) is 0 Å². The summed E-state index contributed by atoms with van der Waals surface area (Å²) in [4.78, 5) is 5.45. The van der Waals surface area contributed by atoms with Crippen LogP contribution in [0, 0.1) is 6.92 Å². The van der Waals surface area contributed by atoms with E-state index in [-0.39, 0.29) is 30.6 Å². The van der Waals surface area contributed by atoms with E-state index in [9.17, 15) is 13.2 Å². The average Bonchev–Trinajstić information content (AvgIpc) is 3.00. The molecule has 0 atom stereocenters. The van der Waals surface area contributed by atoms with Crippen LogP contribution in [0.15, 0.2) is 40.7 Å². The van der Waals surface area contributed by atoms with Gasteiger partial charge in [-0.2, -0.15) is 13.2 Å². The number of aryl methyl sites for hydroxylation is 1. The smallest absolute Gasteiger partial charge is 0.367 e. The number of thiophene rings is 1. The number of benzene rings is 1. The molecule has 1 aromatic heterocycles. The van der Waals surface area contributed by atoms with Crippen molar-refractivity contribution in [2.75, 3.05) is 13.7 Å². The zero-order valence-corrected chi connectivity index (χ0v) is 18.2. The highest BCUT2D eigenvalue weighted by Crippen LogP contribution is 2.16. The van der Waals surface area contributed by atoms with Gasteiger partial charge in [0.15, 0.2) is 5.96 Å². The van der Waals surface area contributed by atoms with Gasteiger partial charge in [0.2, 0.25) is 0 Å². The largest absolute Gasteiger partial charge is 0.411 e. The molecule has 0 amide bonds. The Morgan fingerprint density at radius 2 is 1.70 bits per heavy atom. The summed E-state index contributed by atoms with van der Waals surface area (Å²) in [6, 6.07) is 9.32. The van der Waals surface area contributed by atoms with Gasteiger partial charge in [-0.3, -0.25) is 4.99 Å². The number of nitrogens with zero attached hydrogens (tertiary/aromatic N) is 1. The summed E-state index contributed by atoms with van der Waals surface area (Å²) in [5, 5.41) is 8.53. The third kappa shape index (κ3) is 8.93.